The molecular formula is C13H19N3O2S. The molecule has 0 unspecified atom stereocenters. The minimum atomic E-state index is -0.303. The second-order valence-electron chi connectivity index (χ2n) is 4.32. The van der Waals surface area contributed by atoms with Crippen molar-refractivity contribution in [2.75, 3.05) is 24.6 Å². The van der Waals surface area contributed by atoms with Crippen LogP contribution in [0, 0.1) is 5.92 Å². The lowest BCUT2D eigenvalue weighted by Gasteiger charge is -2.05. The van der Waals surface area contributed by atoms with Gasteiger partial charge in [0.25, 0.3) is 5.91 Å². The van der Waals surface area contributed by atoms with Crippen LogP contribution in [0.25, 0.3) is 0 Å². The van der Waals surface area contributed by atoms with E-state index < -0.39 is 0 Å². The number of carbonyl (C=O) groups is 2. The zero-order valence-corrected chi connectivity index (χ0v) is 12.2. The van der Waals surface area contributed by atoms with Crippen molar-refractivity contribution in [3.05, 3.63) is 23.1 Å². The standard InChI is InChI=1S/C13H19N3O2S/c1-5-6-16-13-8(12(18)15-4)9(14)11(19-13)10(17)7(2)3/h5,7,16H,1,6,14H2,2-4H3,(H,15,18). The zero-order valence-electron chi connectivity index (χ0n) is 11.4. The second kappa shape index (κ2) is 6.38. The Labute approximate surface area is 116 Å². The summed E-state index contributed by atoms with van der Waals surface area (Å²) < 4.78 is 0. The highest BCUT2D eigenvalue weighted by molar-refractivity contribution is 7.19. The fourth-order valence-electron chi connectivity index (χ4n) is 1.53. The van der Waals surface area contributed by atoms with Gasteiger partial charge in [0.1, 0.15) is 5.00 Å². The maximum Gasteiger partial charge on any atom is 0.256 e. The summed E-state index contributed by atoms with van der Waals surface area (Å²) in [5.74, 6) is -0.520. The Kier molecular flexibility index (Phi) is 5.11. The summed E-state index contributed by atoms with van der Waals surface area (Å²) in [5, 5.41) is 6.17. The Morgan fingerprint density at radius 3 is 2.58 bits per heavy atom. The topological polar surface area (TPSA) is 84.2 Å². The van der Waals surface area contributed by atoms with Crippen molar-refractivity contribution >= 4 is 33.7 Å². The number of carbonyl (C=O) groups excluding carboxylic acids is 2. The number of rotatable bonds is 6. The van der Waals surface area contributed by atoms with E-state index in [2.05, 4.69) is 17.2 Å². The third kappa shape index (κ3) is 3.14. The number of Topliss-reactive ketones (excluding diaryl/α,β-unsaturated/α-hetero) is 1. The maximum absolute atomic E-state index is 12.1. The monoisotopic (exact) mass is 281 g/mol. The van der Waals surface area contributed by atoms with E-state index in [1.807, 2.05) is 0 Å². The first-order chi connectivity index (χ1) is 8.93. The van der Waals surface area contributed by atoms with Crippen LogP contribution in [0.2, 0.25) is 0 Å². The quantitative estimate of drug-likeness (QED) is 0.551. The molecule has 1 aromatic heterocycles. The SMILES string of the molecule is C=CCNc1sc(C(=O)C(C)C)c(N)c1C(=O)NC. The Hall–Kier alpha value is -1.82. The highest BCUT2D eigenvalue weighted by Crippen LogP contribution is 2.37. The number of hydrogen-bond donors (Lipinski definition) is 3. The van der Waals surface area contributed by atoms with Crippen LogP contribution >= 0.6 is 11.3 Å². The number of thiophene rings is 1. The van der Waals surface area contributed by atoms with Gasteiger partial charge in [-0.05, 0) is 0 Å². The van der Waals surface area contributed by atoms with Crippen molar-refractivity contribution in [2.24, 2.45) is 5.92 Å². The molecule has 1 heterocycles. The van der Waals surface area contributed by atoms with E-state index in [0.29, 0.717) is 22.0 Å². The molecule has 0 atom stereocenters. The molecule has 0 bridgehead atoms. The predicted molar refractivity (Wildman–Crippen MR) is 80.0 cm³/mol. The molecule has 104 valence electrons. The fourth-order valence-corrected chi connectivity index (χ4v) is 2.74. The van der Waals surface area contributed by atoms with Gasteiger partial charge in [-0.1, -0.05) is 19.9 Å². The number of ketones is 1. The van der Waals surface area contributed by atoms with Gasteiger partial charge < -0.3 is 16.4 Å². The Bertz CT molecular complexity index is 506. The number of hydrogen-bond acceptors (Lipinski definition) is 5. The van der Waals surface area contributed by atoms with Gasteiger partial charge in [-0.15, -0.1) is 17.9 Å². The second-order valence-corrected chi connectivity index (χ2v) is 5.34. The van der Waals surface area contributed by atoms with Crippen LogP contribution in [-0.4, -0.2) is 25.3 Å². The van der Waals surface area contributed by atoms with E-state index in [1.54, 1.807) is 19.9 Å². The summed E-state index contributed by atoms with van der Waals surface area (Å²) in [7, 11) is 1.53. The molecule has 0 aliphatic heterocycles. The van der Waals surface area contributed by atoms with Gasteiger partial charge in [0, 0.05) is 19.5 Å². The van der Waals surface area contributed by atoms with E-state index in [1.165, 1.54) is 18.4 Å². The predicted octanol–water partition coefficient (Wildman–Crippen LogP) is 2.13. The van der Waals surface area contributed by atoms with Crippen LogP contribution in [0.5, 0.6) is 0 Å². The Morgan fingerprint density at radius 2 is 2.11 bits per heavy atom. The smallest absolute Gasteiger partial charge is 0.256 e. The fraction of sp³-hybridized carbons (Fsp3) is 0.385. The molecule has 0 aliphatic rings. The van der Waals surface area contributed by atoms with E-state index in [4.69, 9.17) is 5.73 Å². The molecule has 0 aromatic carbocycles. The van der Waals surface area contributed by atoms with Crippen LogP contribution in [0.1, 0.15) is 33.9 Å². The van der Waals surface area contributed by atoms with Crippen LogP contribution in [0.4, 0.5) is 10.7 Å². The molecule has 0 radical (unpaired) electrons. The lowest BCUT2D eigenvalue weighted by Crippen LogP contribution is -2.20. The summed E-state index contributed by atoms with van der Waals surface area (Å²) >= 11 is 1.21. The summed E-state index contributed by atoms with van der Waals surface area (Å²) in [5.41, 5.74) is 6.53. The van der Waals surface area contributed by atoms with E-state index >= 15 is 0 Å². The van der Waals surface area contributed by atoms with Crippen molar-refractivity contribution in [1.29, 1.82) is 0 Å². The Morgan fingerprint density at radius 1 is 1.47 bits per heavy atom. The average Bonchev–Trinajstić information content (AvgIpc) is 2.71. The van der Waals surface area contributed by atoms with Gasteiger partial charge in [-0.2, -0.15) is 0 Å². The lowest BCUT2D eigenvalue weighted by molar-refractivity contribution is 0.0944. The summed E-state index contributed by atoms with van der Waals surface area (Å²) in [6.07, 6.45) is 1.67. The van der Waals surface area contributed by atoms with Gasteiger partial charge in [-0.3, -0.25) is 9.59 Å². The third-order valence-electron chi connectivity index (χ3n) is 2.55. The van der Waals surface area contributed by atoms with E-state index in [-0.39, 0.29) is 23.3 Å². The molecule has 1 amide bonds. The van der Waals surface area contributed by atoms with Crippen molar-refractivity contribution in [2.45, 2.75) is 13.8 Å². The highest BCUT2D eigenvalue weighted by atomic mass is 32.1. The van der Waals surface area contributed by atoms with Gasteiger partial charge >= 0.3 is 0 Å². The van der Waals surface area contributed by atoms with Crippen molar-refractivity contribution in [1.82, 2.24) is 5.32 Å². The number of nitrogens with one attached hydrogen (secondary N) is 2. The van der Waals surface area contributed by atoms with E-state index in [9.17, 15) is 9.59 Å². The minimum Gasteiger partial charge on any atom is -0.397 e. The molecule has 5 nitrogen and oxygen atoms in total. The summed E-state index contributed by atoms with van der Waals surface area (Å²) in [6.45, 7) is 7.71. The number of anilines is 2. The molecule has 0 spiro atoms. The van der Waals surface area contributed by atoms with Gasteiger partial charge in [0.05, 0.1) is 16.1 Å². The number of nitrogens with two attached hydrogens (primary N) is 1. The maximum atomic E-state index is 12.1. The lowest BCUT2D eigenvalue weighted by atomic mass is 10.1. The minimum absolute atomic E-state index is 0.0562. The van der Waals surface area contributed by atoms with E-state index in [0.717, 1.165) is 0 Å². The highest BCUT2D eigenvalue weighted by Gasteiger charge is 2.25. The van der Waals surface area contributed by atoms with Gasteiger partial charge in [0.2, 0.25) is 0 Å². The molecule has 6 heteroatoms. The summed E-state index contributed by atoms with van der Waals surface area (Å²) in [4.78, 5) is 24.4. The Balaban J connectivity index is 3.29. The van der Waals surface area contributed by atoms with Gasteiger partial charge in [-0.25, -0.2) is 0 Å². The third-order valence-corrected chi connectivity index (χ3v) is 3.73. The van der Waals surface area contributed by atoms with Gasteiger partial charge in [0.15, 0.2) is 5.78 Å². The van der Waals surface area contributed by atoms with Crippen molar-refractivity contribution < 1.29 is 9.59 Å². The van der Waals surface area contributed by atoms with Crippen molar-refractivity contribution in [3.63, 3.8) is 0 Å². The molecule has 1 rings (SSSR count). The molecule has 4 N–H and O–H groups in total. The number of amides is 1. The first-order valence-corrected chi connectivity index (χ1v) is 6.79. The first-order valence-electron chi connectivity index (χ1n) is 5.97. The average molecular weight is 281 g/mol. The first kappa shape index (κ1) is 15.2. The van der Waals surface area contributed by atoms with Crippen LogP contribution in [-0.2, 0) is 0 Å². The molecule has 0 saturated heterocycles. The summed E-state index contributed by atoms with van der Waals surface area (Å²) in [6, 6.07) is 0. The van der Waals surface area contributed by atoms with Crippen molar-refractivity contribution in [3.8, 4) is 0 Å². The molecular weight excluding hydrogens is 262 g/mol. The molecule has 19 heavy (non-hydrogen) atoms. The zero-order chi connectivity index (χ0) is 14.6. The molecule has 1 aromatic rings. The normalized spacial score (nSPS) is 10.3. The van der Waals surface area contributed by atoms with Crippen LogP contribution in [0.15, 0.2) is 12.7 Å². The molecule has 0 saturated carbocycles. The largest absolute Gasteiger partial charge is 0.397 e. The number of nitrogen functional groups attached to an aromatic ring is 1. The van der Waals surface area contributed by atoms with Crippen LogP contribution in [0.3, 0.4) is 0 Å². The molecule has 0 aliphatic carbocycles. The molecule has 0 fully saturated rings. The van der Waals surface area contributed by atoms with Crippen LogP contribution < -0.4 is 16.4 Å².